The van der Waals surface area contributed by atoms with Gasteiger partial charge in [0, 0.05) is 43.4 Å². The van der Waals surface area contributed by atoms with Crippen molar-refractivity contribution in [2.24, 2.45) is 5.92 Å². The van der Waals surface area contributed by atoms with Crippen molar-refractivity contribution in [1.82, 2.24) is 5.32 Å². The fourth-order valence-electron chi connectivity index (χ4n) is 7.53. The summed E-state index contributed by atoms with van der Waals surface area (Å²) in [7, 11) is 3.14. The quantitative estimate of drug-likeness (QED) is 0.193. The highest BCUT2D eigenvalue weighted by molar-refractivity contribution is 6.35. The molecule has 0 saturated carbocycles. The summed E-state index contributed by atoms with van der Waals surface area (Å²) in [6.45, 7) is 2.21. The molecule has 6 atom stereocenters. The average Bonchev–Trinajstić information content (AvgIpc) is 3.05. The molecule has 0 unspecified atom stereocenters. The number of fused-ring (bicyclic) bond motifs is 5. The number of rotatable bonds is 6. The number of nitrogens with one attached hydrogen (secondary N) is 1. The highest BCUT2D eigenvalue weighted by atomic mass is 16.6. The fourth-order valence-corrected chi connectivity index (χ4v) is 7.53. The number of carbonyl (C=O) groups excluding carboxylic acids is 7. The first kappa shape index (κ1) is 34.7. The number of aliphatic hydroxyl groups is 2. The molecule has 262 valence electrons. The van der Waals surface area contributed by atoms with E-state index in [-0.39, 0.29) is 11.1 Å². The highest BCUT2D eigenvalue weighted by Gasteiger charge is 2.73. The SMILES string of the molecule is COC(=O)c1c(C)cc2c(c1O)[C@]1(O)C(=O)c3cc4c(c(O)c3C(=O)[C@]1(OC)C(=O)C2)C(=O)C=C(N[C@H]1O[C@@H](C)[C@H](OC)C(=O)[C@H]1CO)C4=O. The minimum Gasteiger partial charge on any atom is -0.507 e. The number of aryl methyl sites for hydroxylation is 1. The first-order valence-electron chi connectivity index (χ1n) is 15.2. The summed E-state index contributed by atoms with van der Waals surface area (Å²) in [6.07, 6.45) is -3.08. The fraction of sp³-hybridized carbons (Fsp3) is 0.382. The van der Waals surface area contributed by atoms with E-state index < -0.39 is 140 Å². The van der Waals surface area contributed by atoms with Crippen molar-refractivity contribution < 1.29 is 72.9 Å². The molecule has 5 N–H and O–H groups in total. The van der Waals surface area contributed by atoms with Crippen LogP contribution in [0.15, 0.2) is 23.9 Å². The molecule has 16 heteroatoms. The number of hydrogen-bond acceptors (Lipinski definition) is 16. The van der Waals surface area contributed by atoms with E-state index in [4.69, 9.17) is 18.9 Å². The number of esters is 1. The van der Waals surface area contributed by atoms with Crippen LogP contribution in [-0.2, 0) is 40.6 Å². The number of phenols is 2. The highest BCUT2D eigenvalue weighted by Crippen LogP contribution is 2.55. The van der Waals surface area contributed by atoms with Gasteiger partial charge in [-0.3, -0.25) is 28.8 Å². The number of aliphatic hydroxyl groups excluding tert-OH is 1. The smallest absolute Gasteiger partial charge is 0.341 e. The minimum absolute atomic E-state index is 0.117. The van der Waals surface area contributed by atoms with Gasteiger partial charge in [0.2, 0.25) is 28.6 Å². The Bertz CT molecular complexity index is 2010. The lowest BCUT2D eigenvalue weighted by Crippen LogP contribution is -2.71. The number of ketones is 6. The van der Waals surface area contributed by atoms with E-state index in [0.29, 0.717) is 0 Å². The lowest BCUT2D eigenvalue weighted by Gasteiger charge is -2.49. The maximum Gasteiger partial charge on any atom is 0.341 e. The van der Waals surface area contributed by atoms with Gasteiger partial charge in [0.15, 0.2) is 17.3 Å². The maximum atomic E-state index is 14.5. The summed E-state index contributed by atoms with van der Waals surface area (Å²) < 4.78 is 21.0. The standard InChI is InChI=1S/C34H31NO15/c1-11-6-13-7-19(38)34(49-5)30(44)22-15(29(43)33(34,46)23(13)27(42)20(11)32(45)48-4)8-14-21(26(22)41)18(37)9-17(24(14)39)35-31-16(10-36)25(40)28(47-3)12(2)50-31/h6,8-9,12,16,28,31,35-36,41-42,46H,7,10H2,1-5H3/t12-,16+,28-,31-,33-,34+/m0/s1. The van der Waals surface area contributed by atoms with Gasteiger partial charge >= 0.3 is 5.97 Å². The Hall–Kier alpha value is -5.13. The Morgan fingerprint density at radius 3 is 2.28 bits per heavy atom. The molecule has 0 bridgehead atoms. The van der Waals surface area contributed by atoms with Crippen LogP contribution in [-0.4, -0.2) is 113 Å². The number of allylic oxidation sites excluding steroid dienone is 2. The summed E-state index contributed by atoms with van der Waals surface area (Å²) in [5, 5.41) is 47.7. The van der Waals surface area contributed by atoms with Gasteiger partial charge < -0.3 is 44.7 Å². The third-order valence-corrected chi connectivity index (χ3v) is 9.87. The summed E-state index contributed by atoms with van der Waals surface area (Å²) in [5.74, 6) is -11.1. The van der Waals surface area contributed by atoms with Crippen LogP contribution in [0, 0.1) is 12.8 Å². The van der Waals surface area contributed by atoms with Crippen molar-refractivity contribution in [3.8, 4) is 11.5 Å². The number of benzene rings is 2. The Labute approximate surface area is 282 Å². The molecule has 1 fully saturated rings. The molecular weight excluding hydrogens is 662 g/mol. The summed E-state index contributed by atoms with van der Waals surface area (Å²) in [5.41, 5.74) is -11.1. The molecule has 50 heavy (non-hydrogen) atoms. The van der Waals surface area contributed by atoms with Crippen LogP contribution >= 0.6 is 0 Å². The number of methoxy groups -OCH3 is 3. The Morgan fingerprint density at radius 1 is 1.00 bits per heavy atom. The summed E-state index contributed by atoms with van der Waals surface area (Å²) in [6, 6.07) is 2.04. The molecule has 1 aliphatic heterocycles. The lowest BCUT2D eigenvalue weighted by molar-refractivity contribution is -0.178. The van der Waals surface area contributed by atoms with Crippen LogP contribution in [0.5, 0.6) is 11.5 Å². The number of hydrogen-bond donors (Lipinski definition) is 5. The van der Waals surface area contributed by atoms with Crippen LogP contribution in [0.3, 0.4) is 0 Å². The molecule has 3 aliphatic carbocycles. The number of Topliss-reactive ketones (excluding diaryl/α,β-unsaturated/α-hetero) is 5. The molecule has 1 heterocycles. The van der Waals surface area contributed by atoms with E-state index in [9.17, 15) is 54.0 Å². The third-order valence-electron chi connectivity index (χ3n) is 9.87. The topological polar surface area (TPSA) is 249 Å². The zero-order valence-electron chi connectivity index (χ0n) is 27.2. The van der Waals surface area contributed by atoms with Crippen LogP contribution in [0.1, 0.15) is 75.4 Å². The molecule has 0 spiro atoms. The second kappa shape index (κ2) is 11.7. The zero-order valence-corrected chi connectivity index (χ0v) is 27.2. The Morgan fingerprint density at radius 2 is 1.68 bits per heavy atom. The molecule has 0 radical (unpaired) electrons. The Kier molecular flexibility index (Phi) is 8.15. The van der Waals surface area contributed by atoms with Gasteiger partial charge in [0.1, 0.15) is 29.4 Å². The summed E-state index contributed by atoms with van der Waals surface area (Å²) in [4.78, 5) is 95.5. The van der Waals surface area contributed by atoms with Crippen LogP contribution < -0.4 is 5.32 Å². The van der Waals surface area contributed by atoms with E-state index in [0.717, 1.165) is 26.4 Å². The number of ether oxygens (including phenoxy) is 4. The van der Waals surface area contributed by atoms with Crippen molar-refractivity contribution in [3.05, 3.63) is 68.4 Å². The van der Waals surface area contributed by atoms with Gasteiger partial charge in [0.05, 0.1) is 42.6 Å². The lowest BCUT2D eigenvalue weighted by atomic mass is 9.57. The van der Waals surface area contributed by atoms with Crippen molar-refractivity contribution >= 4 is 40.7 Å². The molecule has 1 saturated heterocycles. The Balaban J connectivity index is 1.52. The molecule has 2 aromatic rings. The first-order valence-corrected chi connectivity index (χ1v) is 15.2. The van der Waals surface area contributed by atoms with Gasteiger partial charge in [-0.15, -0.1) is 0 Å². The average molecular weight is 694 g/mol. The third kappa shape index (κ3) is 4.26. The molecule has 0 amide bonds. The van der Waals surface area contributed by atoms with E-state index in [1.807, 2.05) is 0 Å². The predicted molar refractivity (Wildman–Crippen MR) is 164 cm³/mol. The monoisotopic (exact) mass is 693 g/mol. The first-order chi connectivity index (χ1) is 23.6. The number of phenolic OH excluding ortho intramolecular Hbond substituents is 2. The van der Waals surface area contributed by atoms with Crippen molar-refractivity contribution in [2.75, 3.05) is 27.9 Å². The minimum atomic E-state index is -3.35. The van der Waals surface area contributed by atoms with Gasteiger partial charge in [-0.1, -0.05) is 6.07 Å². The molecule has 2 aromatic carbocycles. The van der Waals surface area contributed by atoms with E-state index in [1.54, 1.807) is 0 Å². The molecule has 0 aromatic heterocycles. The maximum absolute atomic E-state index is 14.5. The van der Waals surface area contributed by atoms with Crippen molar-refractivity contribution in [3.63, 3.8) is 0 Å². The second-order valence-electron chi connectivity index (χ2n) is 12.4. The molecule has 16 nitrogen and oxygen atoms in total. The van der Waals surface area contributed by atoms with Gasteiger partial charge in [0.25, 0.3) is 0 Å². The molecule has 6 rings (SSSR count). The number of aromatic hydroxyl groups is 2. The molecular formula is C34H31NO15. The van der Waals surface area contributed by atoms with E-state index in [1.165, 1.54) is 27.0 Å². The summed E-state index contributed by atoms with van der Waals surface area (Å²) >= 11 is 0. The van der Waals surface area contributed by atoms with Crippen LogP contribution in [0.25, 0.3) is 0 Å². The van der Waals surface area contributed by atoms with Gasteiger partial charge in [-0.2, -0.15) is 0 Å². The van der Waals surface area contributed by atoms with Crippen molar-refractivity contribution in [2.45, 2.75) is 49.9 Å². The zero-order chi connectivity index (χ0) is 36.8. The van der Waals surface area contributed by atoms with Crippen LogP contribution in [0.4, 0.5) is 0 Å². The predicted octanol–water partition coefficient (Wildman–Crippen LogP) is -0.240. The van der Waals surface area contributed by atoms with Gasteiger partial charge in [-0.05, 0) is 31.0 Å². The van der Waals surface area contributed by atoms with E-state index in [2.05, 4.69) is 5.32 Å². The van der Waals surface area contributed by atoms with Crippen LogP contribution in [0.2, 0.25) is 0 Å². The largest absolute Gasteiger partial charge is 0.507 e. The molecule has 4 aliphatic rings. The van der Waals surface area contributed by atoms with Gasteiger partial charge in [-0.25, -0.2) is 4.79 Å². The number of carbonyl (C=O) groups is 7. The van der Waals surface area contributed by atoms with Crippen molar-refractivity contribution in [1.29, 1.82) is 0 Å². The second-order valence-corrected chi connectivity index (χ2v) is 12.4. The normalized spacial score (nSPS) is 28.7. The van der Waals surface area contributed by atoms with E-state index >= 15 is 0 Å².